The Morgan fingerprint density at radius 1 is 1.31 bits per heavy atom. The van der Waals surface area contributed by atoms with Crippen LogP contribution in [0.1, 0.15) is 44.7 Å². The van der Waals surface area contributed by atoms with Crippen molar-refractivity contribution in [3.8, 4) is 0 Å². The maximum Gasteiger partial charge on any atom is 0.203 e. The van der Waals surface area contributed by atoms with Crippen LogP contribution in [0, 0.1) is 12.8 Å². The second-order valence-electron chi connectivity index (χ2n) is 5.18. The second kappa shape index (κ2) is 4.89. The van der Waals surface area contributed by atoms with Crippen molar-refractivity contribution in [3.05, 3.63) is 11.9 Å². The minimum Gasteiger partial charge on any atom is -0.353 e. The van der Waals surface area contributed by atoms with Crippen LogP contribution in [0.25, 0.3) is 0 Å². The highest BCUT2D eigenvalue weighted by Crippen LogP contribution is 2.25. The summed E-state index contributed by atoms with van der Waals surface area (Å²) >= 11 is 0. The van der Waals surface area contributed by atoms with Gasteiger partial charge in [-0.2, -0.15) is 0 Å². The Kier molecular flexibility index (Phi) is 3.52. The van der Waals surface area contributed by atoms with Gasteiger partial charge in [-0.05, 0) is 25.7 Å². The highest BCUT2D eigenvalue weighted by atomic mass is 15.2. The van der Waals surface area contributed by atoms with Crippen LogP contribution < -0.4 is 5.32 Å². The SMILES string of the molecule is Cc1cn(C)c(NC2CCCCCC2C)n1. The van der Waals surface area contributed by atoms with E-state index in [1.165, 1.54) is 32.1 Å². The molecule has 0 amide bonds. The zero-order chi connectivity index (χ0) is 11.5. The molecule has 16 heavy (non-hydrogen) atoms. The Balaban J connectivity index is 2.04. The molecular formula is C13H23N3. The minimum atomic E-state index is 0.600. The summed E-state index contributed by atoms with van der Waals surface area (Å²) in [6.45, 7) is 4.40. The summed E-state index contributed by atoms with van der Waals surface area (Å²) in [4.78, 5) is 4.52. The average Bonchev–Trinajstić information content (AvgIpc) is 2.43. The Hall–Kier alpha value is -0.990. The molecule has 3 nitrogen and oxygen atoms in total. The predicted molar refractivity (Wildman–Crippen MR) is 67.6 cm³/mol. The first kappa shape index (κ1) is 11.5. The molecule has 0 aliphatic heterocycles. The van der Waals surface area contributed by atoms with E-state index in [0.29, 0.717) is 6.04 Å². The van der Waals surface area contributed by atoms with E-state index < -0.39 is 0 Å². The van der Waals surface area contributed by atoms with Crippen LogP contribution >= 0.6 is 0 Å². The highest BCUT2D eigenvalue weighted by Gasteiger charge is 2.20. The van der Waals surface area contributed by atoms with Crippen molar-refractivity contribution in [3.63, 3.8) is 0 Å². The van der Waals surface area contributed by atoms with E-state index in [0.717, 1.165) is 17.6 Å². The first-order valence-electron chi connectivity index (χ1n) is 6.43. The van der Waals surface area contributed by atoms with Crippen LogP contribution in [0.4, 0.5) is 5.95 Å². The lowest BCUT2D eigenvalue weighted by Gasteiger charge is -2.23. The molecule has 1 aliphatic carbocycles. The summed E-state index contributed by atoms with van der Waals surface area (Å²) in [6.07, 6.45) is 8.84. The van der Waals surface area contributed by atoms with E-state index in [1.807, 2.05) is 6.92 Å². The van der Waals surface area contributed by atoms with E-state index in [1.54, 1.807) is 0 Å². The van der Waals surface area contributed by atoms with E-state index in [4.69, 9.17) is 0 Å². The van der Waals surface area contributed by atoms with Crippen molar-refractivity contribution in [2.45, 2.75) is 52.0 Å². The molecule has 0 radical (unpaired) electrons. The lowest BCUT2D eigenvalue weighted by atomic mass is 9.97. The first-order chi connectivity index (χ1) is 7.66. The predicted octanol–water partition coefficient (Wildman–Crippen LogP) is 3.11. The van der Waals surface area contributed by atoms with E-state index in [9.17, 15) is 0 Å². The summed E-state index contributed by atoms with van der Waals surface area (Å²) in [5.74, 6) is 1.79. The number of rotatable bonds is 2. The lowest BCUT2D eigenvalue weighted by Crippen LogP contribution is -2.27. The molecule has 0 aromatic carbocycles. The summed E-state index contributed by atoms with van der Waals surface area (Å²) in [7, 11) is 2.06. The lowest BCUT2D eigenvalue weighted by molar-refractivity contribution is 0.453. The third-order valence-electron chi connectivity index (χ3n) is 3.67. The second-order valence-corrected chi connectivity index (χ2v) is 5.18. The van der Waals surface area contributed by atoms with Crippen molar-refractivity contribution in [1.29, 1.82) is 0 Å². The number of aryl methyl sites for hydroxylation is 2. The number of aromatic nitrogens is 2. The molecule has 0 saturated heterocycles. The number of hydrogen-bond acceptors (Lipinski definition) is 2. The number of imidazole rings is 1. The van der Waals surface area contributed by atoms with Crippen molar-refractivity contribution in [1.82, 2.24) is 9.55 Å². The van der Waals surface area contributed by atoms with Gasteiger partial charge in [-0.25, -0.2) is 4.98 Å². The van der Waals surface area contributed by atoms with Crippen LogP contribution in [0.3, 0.4) is 0 Å². The van der Waals surface area contributed by atoms with Gasteiger partial charge >= 0.3 is 0 Å². The van der Waals surface area contributed by atoms with Crippen molar-refractivity contribution in [2.24, 2.45) is 13.0 Å². The molecule has 2 unspecified atom stereocenters. The molecule has 1 aromatic rings. The summed E-state index contributed by atoms with van der Waals surface area (Å²) in [5, 5.41) is 3.61. The summed E-state index contributed by atoms with van der Waals surface area (Å²) in [5.41, 5.74) is 1.09. The zero-order valence-corrected chi connectivity index (χ0v) is 10.7. The Labute approximate surface area is 98.3 Å². The van der Waals surface area contributed by atoms with E-state index in [2.05, 4.69) is 35.0 Å². The smallest absolute Gasteiger partial charge is 0.203 e. The molecule has 1 heterocycles. The number of hydrogen-bond donors (Lipinski definition) is 1. The van der Waals surface area contributed by atoms with Crippen LogP contribution in [0.2, 0.25) is 0 Å². The highest BCUT2D eigenvalue weighted by molar-refractivity contribution is 5.30. The van der Waals surface area contributed by atoms with Gasteiger partial charge in [0.15, 0.2) is 0 Å². The quantitative estimate of drug-likeness (QED) is 0.778. The molecule has 1 saturated carbocycles. The maximum atomic E-state index is 4.52. The van der Waals surface area contributed by atoms with Crippen LogP contribution in [0.15, 0.2) is 6.20 Å². The zero-order valence-electron chi connectivity index (χ0n) is 10.7. The third-order valence-corrected chi connectivity index (χ3v) is 3.67. The Morgan fingerprint density at radius 2 is 2.06 bits per heavy atom. The monoisotopic (exact) mass is 221 g/mol. The largest absolute Gasteiger partial charge is 0.353 e. The summed E-state index contributed by atoms with van der Waals surface area (Å²) in [6, 6.07) is 0.600. The van der Waals surface area contributed by atoms with Crippen molar-refractivity contribution in [2.75, 3.05) is 5.32 Å². The van der Waals surface area contributed by atoms with Gasteiger partial charge in [0.2, 0.25) is 5.95 Å². The number of anilines is 1. The van der Waals surface area contributed by atoms with Gasteiger partial charge in [0, 0.05) is 19.3 Å². The fourth-order valence-electron chi connectivity index (χ4n) is 2.62. The van der Waals surface area contributed by atoms with Crippen molar-refractivity contribution >= 4 is 5.95 Å². The molecule has 2 rings (SSSR count). The average molecular weight is 221 g/mol. The molecule has 0 spiro atoms. The standard InChI is InChI=1S/C13H23N3/c1-10-7-5-4-6-8-12(10)15-13-14-11(2)9-16(13)3/h9-10,12H,4-8H2,1-3H3,(H,14,15). The molecule has 0 bridgehead atoms. The van der Waals surface area contributed by atoms with Crippen LogP contribution in [0.5, 0.6) is 0 Å². The Bertz CT molecular complexity index is 343. The van der Waals surface area contributed by atoms with Gasteiger partial charge in [-0.3, -0.25) is 0 Å². The van der Waals surface area contributed by atoms with Gasteiger partial charge < -0.3 is 9.88 Å². The van der Waals surface area contributed by atoms with Gasteiger partial charge in [0.25, 0.3) is 0 Å². The molecular weight excluding hydrogens is 198 g/mol. The molecule has 1 fully saturated rings. The maximum absolute atomic E-state index is 4.52. The topological polar surface area (TPSA) is 29.9 Å². The third kappa shape index (κ3) is 2.57. The fraction of sp³-hybridized carbons (Fsp3) is 0.769. The molecule has 1 aliphatic rings. The van der Waals surface area contributed by atoms with E-state index in [-0.39, 0.29) is 0 Å². The molecule has 2 atom stereocenters. The van der Waals surface area contributed by atoms with Gasteiger partial charge in [0.1, 0.15) is 0 Å². The van der Waals surface area contributed by atoms with Gasteiger partial charge in [-0.15, -0.1) is 0 Å². The van der Waals surface area contributed by atoms with Crippen LogP contribution in [-0.2, 0) is 7.05 Å². The van der Waals surface area contributed by atoms with Crippen LogP contribution in [-0.4, -0.2) is 15.6 Å². The summed E-state index contributed by atoms with van der Waals surface area (Å²) < 4.78 is 2.09. The van der Waals surface area contributed by atoms with Gasteiger partial charge in [0.05, 0.1) is 5.69 Å². The normalized spacial score (nSPS) is 26.4. The molecule has 3 heteroatoms. The Morgan fingerprint density at radius 3 is 2.75 bits per heavy atom. The fourth-order valence-corrected chi connectivity index (χ4v) is 2.62. The van der Waals surface area contributed by atoms with E-state index >= 15 is 0 Å². The number of nitrogens with zero attached hydrogens (tertiary/aromatic N) is 2. The molecule has 1 aromatic heterocycles. The minimum absolute atomic E-state index is 0.600. The number of nitrogens with one attached hydrogen (secondary N) is 1. The van der Waals surface area contributed by atoms with Gasteiger partial charge in [-0.1, -0.05) is 26.2 Å². The first-order valence-corrected chi connectivity index (χ1v) is 6.43. The molecule has 90 valence electrons. The van der Waals surface area contributed by atoms with Crippen molar-refractivity contribution < 1.29 is 0 Å². The molecule has 1 N–H and O–H groups in total.